The lowest BCUT2D eigenvalue weighted by Crippen LogP contribution is -2.05. The molecule has 0 atom stereocenters. The fourth-order valence-corrected chi connectivity index (χ4v) is 2.68. The summed E-state index contributed by atoms with van der Waals surface area (Å²) in [5, 5.41) is 20.7. The standard InChI is InChI=1S/C12H14N8S/c1-19-10(7-13)14-16-12(19)21-8-11-15-17-18-20(11)9-5-3-2-4-6-9/h2-6H,7-8,13H2,1H3. The lowest BCUT2D eigenvalue weighted by Gasteiger charge is -2.04. The van der Waals surface area contributed by atoms with Crippen LogP contribution in [-0.2, 0) is 19.3 Å². The van der Waals surface area contributed by atoms with E-state index in [1.807, 2.05) is 41.9 Å². The third-order valence-corrected chi connectivity index (χ3v) is 3.99. The van der Waals surface area contributed by atoms with Crippen molar-refractivity contribution in [1.82, 2.24) is 35.0 Å². The molecule has 21 heavy (non-hydrogen) atoms. The Kier molecular flexibility index (Phi) is 3.93. The number of aromatic nitrogens is 7. The second-order valence-corrected chi connectivity index (χ2v) is 5.24. The highest BCUT2D eigenvalue weighted by Crippen LogP contribution is 2.20. The van der Waals surface area contributed by atoms with Gasteiger partial charge in [-0.05, 0) is 22.6 Å². The van der Waals surface area contributed by atoms with Gasteiger partial charge in [0.25, 0.3) is 0 Å². The number of hydrogen-bond acceptors (Lipinski definition) is 7. The normalized spacial score (nSPS) is 11.0. The first-order valence-electron chi connectivity index (χ1n) is 6.33. The summed E-state index contributed by atoms with van der Waals surface area (Å²) in [4.78, 5) is 0. The molecule has 0 spiro atoms. The van der Waals surface area contributed by atoms with Gasteiger partial charge in [-0.2, -0.15) is 4.68 Å². The van der Waals surface area contributed by atoms with E-state index in [2.05, 4.69) is 25.7 Å². The Bertz CT molecular complexity index is 720. The van der Waals surface area contributed by atoms with Crippen LogP contribution in [0.1, 0.15) is 11.6 Å². The molecule has 0 aliphatic carbocycles. The maximum absolute atomic E-state index is 5.59. The molecule has 108 valence electrons. The Hall–Kier alpha value is -2.26. The van der Waals surface area contributed by atoms with E-state index in [4.69, 9.17) is 5.73 Å². The molecule has 0 aliphatic rings. The number of hydrogen-bond donors (Lipinski definition) is 1. The zero-order chi connectivity index (χ0) is 14.7. The first-order valence-corrected chi connectivity index (χ1v) is 7.32. The molecule has 2 heterocycles. The summed E-state index contributed by atoms with van der Waals surface area (Å²) in [5.74, 6) is 2.10. The van der Waals surface area contributed by atoms with Crippen LogP contribution in [0.15, 0.2) is 35.5 Å². The van der Waals surface area contributed by atoms with Crippen molar-refractivity contribution in [1.29, 1.82) is 0 Å². The summed E-state index contributed by atoms with van der Waals surface area (Å²) in [7, 11) is 1.89. The molecule has 8 nitrogen and oxygen atoms in total. The molecule has 0 fully saturated rings. The highest BCUT2D eigenvalue weighted by molar-refractivity contribution is 7.98. The second-order valence-electron chi connectivity index (χ2n) is 4.29. The smallest absolute Gasteiger partial charge is 0.191 e. The highest BCUT2D eigenvalue weighted by atomic mass is 32.2. The van der Waals surface area contributed by atoms with Gasteiger partial charge in [0.15, 0.2) is 11.0 Å². The van der Waals surface area contributed by atoms with Crippen molar-refractivity contribution >= 4 is 11.8 Å². The summed E-state index contributed by atoms with van der Waals surface area (Å²) in [6, 6.07) is 9.77. The summed E-state index contributed by atoms with van der Waals surface area (Å²) in [5.41, 5.74) is 6.52. The lowest BCUT2D eigenvalue weighted by molar-refractivity contribution is 0.733. The van der Waals surface area contributed by atoms with Crippen LogP contribution < -0.4 is 5.73 Å². The van der Waals surface area contributed by atoms with Crippen molar-refractivity contribution in [3.8, 4) is 5.69 Å². The molecule has 0 bridgehead atoms. The number of para-hydroxylation sites is 1. The minimum Gasteiger partial charge on any atom is -0.324 e. The van der Waals surface area contributed by atoms with E-state index >= 15 is 0 Å². The largest absolute Gasteiger partial charge is 0.324 e. The molecule has 0 unspecified atom stereocenters. The SMILES string of the molecule is Cn1c(CN)nnc1SCc1nnnn1-c1ccccc1. The van der Waals surface area contributed by atoms with Crippen molar-refractivity contribution in [3.05, 3.63) is 42.0 Å². The van der Waals surface area contributed by atoms with Gasteiger partial charge in [0, 0.05) is 7.05 Å². The van der Waals surface area contributed by atoms with Crippen LogP contribution in [0.5, 0.6) is 0 Å². The average Bonchev–Trinajstić information content (AvgIpc) is 3.12. The van der Waals surface area contributed by atoms with Gasteiger partial charge in [-0.25, -0.2) is 0 Å². The van der Waals surface area contributed by atoms with Crippen LogP contribution in [0.2, 0.25) is 0 Å². The van der Waals surface area contributed by atoms with Gasteiger partial charge in [-0.1, -0.05) is 30.0 Å². The molecule has 0 saturated heterocycles. The predicted molar refractivity (Wildman–Crippen MR) is 77.6 cm³/mol. The number of nitrogens with zero attached hydrogens (tertiary/aromatic N) is 7. The molecule has 2 aromatic heterocycles. The molecule has 9 heteroatoms. The fraction of sp³-hybridized carbons (Fsp3) is 0.250. The summed E-state index contributed by atoms with van der Waals surface area (Å²) < 4.78 is 3.59. The van der Waals surface area contributed by atoms with Crippen molar-refractivity contribution in [2.24, 2.45) is 12.8 Å². The number of thioether (sulfide) groups is 1. The molecular formula is C12H14N8S. The van der Waals surface area contributed by atoms with Crippen LogP contribution in [0, 0.1) is 0 Å². The van der Waals surface area contributed by atoms with E-state index in [-0.39, 0.29) is 0 Å². The maximum Gasteiger partial charge on any atom is 0.191 e. The van der Waals surface area contributed by atoms with E-state index in [1.54, 1.807) is 4.68 Å². The van der Waals surface area contributed by atoms with Crippen molar-refractivity contribution in [2.45, 2.75) is 17.5 Å². The zero-order valence-corrected chi connectivity index (χ0v) is 12.2. The predicted octanol–water partition coefficient (Wildman–Crippen LogP) is 0.542. The van der Waals surface area contributed by atoms with Crippen LogP contribution in [0.25, 0.3) is 5.69 Å². The van der Waals surface area contributed by atoms with Gasteiger partial charge in [-0.3, -0.25) is 0 Å². The highest BCUT2D eigenvalue weighted by Gasteiger charge is 2.12. The monoisotopic (exact) mass is 302 g/mol. The van der Waals surface area contributed by atoms with Crippen molar-refractivity contribution in [3.63, 3.8) is 0 Å². The average molecular weight is 302 g/mol. The third-order valence-electron chi connectivity index (χ3n) is 2.97. The van der Waals surface area contributed by atoms with Gasteiger partial charge < -0.3 is 10.3 Å². The van der Waals surface area contributed by atoms with Gasteiger partial charge in [0.05, 0.1) is 18.0 Å². The Morgan fingerprint density at radius 2 is 1.90 bits per heavy atom. The van der Waals surface area contributed by atoms with E-state index in [0.29, 0.717) is 12.3 Å². The zero-order valence-electron chi connectivity index (χ0n) is 11.4. The van der Waals surface area contributed by atoms with Crippen LogP contribution >= 0.6 is 11.8 Å². The summed E-state index contributed by atoms with van der Waals surface area (Å²) in [6.07, 6.45) is 0. The Balaban J connectivity index is 1.77. The molecule has 0 aliphatic heterocycles. The van der Waals surface area contributed by atoms with Crippen LogP contribution in [-0.4, -0.2) is 35.0 Å². The number of tetrazole rings is 1. The molecule has 3 aromatic rings. The van der Waals surface area contributed by atoms with E-state index in [9.17, 15) is 0 Å². The Morgan fingerprint density at radius 3 is 2.62 bits per heavy atom. The summed E-state index contributed by atoms with van der Waals surface area (Å²) >= 11 is 1.52. The van der Waals surface area contributed by atoms with Gasteiger partial charge in [-0.15, -0.1) is 15.3 Å². The molecule has 0 radical (unpaired) electrons. The number of rotatable bonds is 5. The second kappa shape index (κ2) is 6.02. The Morgan fingerprint density at radius 1 is 1.10 bits per heavy atom. The molecule has 3 rings (SSSR count). The topological polar surface area (TPSA) is 100 Å². The van der Waals surface area contributed by atoms with Crippen molar-refractivity contribution in [2.75, 3.05) is 0 Å². The van der Waals surface area contributed by atoms with Crippen molar-refractivity contribution < 1.29 is 0 Å². The van der Waals surface area contributed by atoms with E-state index in [0.717, 1.165) is 22.5 Å². The van der Waals surface area contributed by atoms with E-state index < -0.39 is 0 Å². The minimum absolute atomic E-state index is 0.367. The molecule has 2 N–H and O–H groups in total. The molecular weight excluding hydrogens is 288 g/mol. The van der Waals surface area contributed by atoms with Crippen LogP contribution in [0.3, 0.4) is 0 Å². The first-order chi connectivity index (χ1) is 10.3. The van der Waals surface area contributed by atoms with Gasteiger partial charge in [0.1, 0.15) is 5.82 Å². The lowest BCUT2D eigenvalue weighted by atomic mass is 10.3. The number of nitrogens with two attached hydrogens (primary N) is 1. The minimum atomic E-state index is 0.367. The quantitative estimate of drug-likeness (QED) is 0.686. The fourth-order valence-electron chi connectivity index (χ4n) is 1.84. The summed E-state index contributed by atoms with van der Waals surface area (Å²) in [6.45, 7) is 0.367. The Labute approximate surface area is 125 Å². The third kappa shape index (κ3) is 2.78. The first kappa shape index (κ1) is 13.7. The molecule has 1 aromatic carbocycles. The van der Waals surface area contributed by atoms with Crippen LogP contribution in [0.4, 0.5) is 0 Å². The van der Waals surface area contributed by atoms with Gasteiger partial charge in [0.2, 0.25) is 0 Å². The number of benzene rings is 1. The maximum atomic E-state index is 5.59. The molecule has 0 saturated carbocycles. The van der Waals surface area contributed by atoms with E-state index in [1.165, 1.54) is 11.8 Å². The van der Waals surface area contributed by atoms with Gasteiger partial charge >= 0.3 is 0 Å². The molecule has 0 amide bonds.